The minimum atomic E-state index is 0.0729. The van der Waals surface area contributed by atoms with Gasteiger partial charge in [-0.15, -0.1) is 0 Å². The summed E-state index contributed by atoms with van der Waals surface area (Å²) in [5.74, 6) is 1.21. The maximum absolute atomic E-state index is 2.45. The number of hydrogen-bond acceptors (Lipinski definition) is 0. The Morgan fingerprint density at radius 2 is 1.90 bits per heavy atom. The Hall–Kier alpha value is -1.42. The lowest BCUT2D eigenvalue weighted by Gasteiger charge is -2.21. The first-order chi connectivity index (χ1) is 10.3. The van der Waals surface area contributed by atoms with Crippen molar-refractivity contribution in [2.45, 2.75) is 13.8 Å². The van der Waals surface area contributed by atoms with E-state index in [1.54, 1.807) is 0 Å². The zero-order chi connectivity index (χ0) is 14.4. The summed E-state index contributed by atoms with van der Waals surface area (Å²) in [5, 5.41) is 1.39. The summed E-state index contributed by atoms with van der Waals surface area (Å²) in [6, 6.07) is 8.78. The van der Waals surface area contributed by atoms with Crippen LogP contribution < -0.4 is 0 Å². The van der Waals surface area contributed by atoms with Crippen molar-refractivity contribution in [1.29, 1.82) is 0 Å². The molecule has 106 valence electrons. The van der Waals surface area contributed by atoms with E-state index in [1.165, 1.54) is 27.9 Å². The van der Waals surface area contributed by atoms with E-state index in [1.807, 2.05) is 0 Å². The summed E-state index contributed by atoms with van der Waals surface area (Å²) in [4.78, 5) is 0. The summed E-state index contributed by atoms with van der Waals surface area (Å²) in [7, 11) is 0. The zero-order valence-corrected chi connectivity index (χ0v) is 14.4. The topological polar surface area (TPSA) is 4.93 Å². The molecule has 1 aromatic carbocycles. The number of fused-ring (bicyclic) bond motifs is 3. The molecular formula is C19H18IN. The van der Waals surface area contributed by atoms with Crippen molar-refractivity contribution < 1.29 is 0 Å². The van der Waals surface area contributed by atoms with E-state index >= 15 is 0 Å². The summed E-state index contributed by atoms with van der Waals surface area (Å²) < 4.78 is 7.24. The van der Waals surface area contributed by atoms with E-state index in [9.17, 15) is 0 Å². The smallest absolute Gasteiger partial charge is 0.0549 e. The van der Waals surface area contributed by atoms with Crippen LogP contribution in [0.3, 0.4) is 0 Å². The van der Waals surface area contributed by atoms with Crippen molar-refractivity contribution in [2.75, 3.05) is 0 Å². The second-order valence-corrected chi connectivity index (χ2v) is 7.91. The van der Waals surface area contributed by atoms with E-state index in [0.29, 0.717) is 11.8 Å². The van der Waals surface area contributed by atoms with Crippen molar-refractivity contribution in [3.05, 3.63) is 57.8 Å². The lowest BCUT2D eigenvalue weighted by molar-refractivity contribution is 0.552. The highest BCUT2D eigenvalue weighted by Gasteiger charge is 2.19. The molecule has 0 saturated carbocycles. The normalized spacial score (nSPS) is 23.8. The number of allylic oxidation sites excluding steroid dienone is 4. The number of aromatic nitrogens is 1. The average molecular weight is 387 g/mol. The SMILES string of the molecule is CC1C=CC(n2c3c(c4ccccc42)C=IC=C3)=CC1C. The quantitative estimate of drug-likeness (QED) is 0.575. The first-order valence-electron chi connectivity index (χ1n) is 7.41. The molecule has 2 heteroatoms. The van der Waals surface area contributed by atoms with E-state index in [2.05, 4.69) is 75.1 Å². The van der Waals surface area contributed by atoms with Gasteiger partial charge in [-0.3, -0.25) is 0 Å². The molecule has 0 radical (unpaired) electrons. The molecule has 21 heavy (non-hydrogen) atoms. The van der Waals surface area contributed by atoms with Crippen LogP contribution in [0.5, 0.6) is 0 Å². The summed E-state index contributed by atoms with van der Waals surface area (Å²) in [5.41, 5.74) is 5.42. The molecule has 2 unspecified atom stereocenters. The van der Waals surface area contributed by atoms with E-state index in [0.717, 1.165) is 0 Å². The fourth-order valence-corrected chi connectivity index (χ4v) is 4.86. The number of hydrogen-bond donors (Lipinski definition) is 0. The lowest BCUT2D eigenvalue weighted by Crippen LogP contribution is -2.10. The van der Waals surface area contributed by atoms with E-state index in [4.69, 9.17) is 0 Å². The molecule has 1 aromatic heterocycles. The largest absolute Gasteiger partial charge is 0.310 e. The number of para-hydroxylation sites is 1. The molecule has 0 amide bonds. The lowest BCUT2D eigenvalue weighted by atomic mass is 9.90. The standard InChI is InChI=1S/C19H18IN/c1-13-7-8-15(11-14(13)2)21-18-6-4-3-5-16(18)17-12-20-10-9-19(17)21/h3-14H,1-2H3. The fourth-order valence-electron chi connectivity index (χ4n) is 3.09. The molecule has 2 aromatic rings. The third kappa shape index (κ3) is 2.08. The Bertz CT molecular complexity index is 833. The molecule has 4 rings (SSSR count). The predicted molar refractivity (Wildman–Crippen MR) is 102 cm³/mol. The first kappa shape index (κ1) is 13.3. The summed E-state index contributed by atoms with van der Waals surface area (Å²) >= 11 is 0.0729. The van der Waals surface area contributed by atoms with Crippen LogP contribution in [0.4, 0.5) is 0 Å². The van der Waals surface area contributed by atoms with Gasteiger partial charge in [-0.05, 0) is 38.1 Å². The molecule has 1 aliphatic heterocycles. The Morgan fingerprint density at radius 1 is 1.05 bits per heavy atom. The van der Waals surface area contributed by atoms with Crippen molar-refractivity contribution >= 4 is 47.4 Å². The number of nitrogens with zero attached hydrogens (tertiary/aromatic N) is 1. The molecule has 0 N–H and O–H groups in total. The Morgan fingerprint density at radius 3 is 2.76 bits per heavy atom. The van der Waals surface area contributed by atoms with Gasteiger partial charge in [0.1, 0.15) is 0 Å². The molecule has 0 bridgehead atoms. The van der Waals surface area contributed by atoms with Crippen LogP contribution in [0.15, 0.2) is 46.6 Å². The van der Waals surface area contributed by atoms with Crippen molar-refractivity contribution in [3.63, 3.8) is 0 Å². The average Bonchev–Trinajstić information content (AvgIpc) is 2.85. The van der Waals surface area contributed by atoms with Gasteiger partial charge >= 0.3 is 0 Å². The Labute approximate surface area is 135 Å². The van der Waals surface area contributed by atoms with E-state index < -0.39 is 0 Å². The Kier molecular flexibility index (Phi) is 3.21. The van der Waals surface area contributed by atoms with Crippen molar-refractivity contribution in [2.24, 2.45) is 11.8 Å². The van der Waals surface area contributed by atoms with Crippen LogP contribution in [0.2, 0.25) is 0 Å². The molecule has 2 atom stereocenters. The number of rotatable bonds is 1. The molecule has 1 aliphatic carbocycles. The summed E-state index contributed by atoms with van der Waals surface area (Å²) in [6.45, 7) is 4.59. The van der Waals surface area contributed by atoms with Gasteiger partial charge in [-0.2, -0.15) is 0 Å². The first-order valence-corrected chi connectivity index (χ1v) is 9.90. The minimum Gasteiger partial charge on any atom is -0.310 e. The monoisotopic (exact) mass is 387 g/mol. The van der Waals surface area contributed by atoms with Crippen LogP contribution in [-0.4, -0.2) is 8.58 Å². The molecule has 0 fully saturated rings. The van der Waals surface area contributed by atoms with Crippen molar-refractivity contribution in [3.8, 4) is 0 Å². The van der Waals surface area contributed by atoms with Gasteiger partial charge in [0.2, 0.25) is 0 Å². The highest BCUT2D eigenvalue weighted by molar-refractivity contribution is 14.2. The predicted octanol–water partition coefficient (Wildman–Crippen LogP) is 5.43. The number of halogens is 1. The molecule has 2 heterocycles. The van der Waals surface area contributed by atoms with Gasteiger partial charge in [0.15, 0.2) is 0 Å². The van der Waals surface area contributed by atoms with Crippen molar-refractivity contribution in [1.82, 2.24) is 4.57 Å². The Balaban J connectivity index is 2.02. The highest BCUT2D eigenvalue weighted by Crippen LogP contribution is 2.35. The fraction of sp³-hybridized carbons (Fsp3) is 0.211. The third-order valence-electron chi connectivity index (χ3n) is 4.51. The molecule has 0 saturated heterocycles. The zero-order valence-electron chi connectivity index (χ0n) is 12.3. The van der Waals surface area contributed by atoms with Gasteiger partial charge < -0.3 is 4.57 Å². The third-order valence-corrected chi connectivity index (χ3v) is 6.27. The van der Waals surface area contributed by atoms with Gasteiger partial charge in [0, 0.05) is 16.6 Å². The van der Waals surface area contributed by atoms with Crippen LogP contribution in [0.25, 0.3) is 22.7 Å². The maximum Gasteiger partial charge on any atom is 0.0549 e. The second-order valence-electron chi connectivity index (χ2n) is 5.85. The van der Waals surface area contributed by atoms with E-state index in [-0.39, 0.29) is 20.7 Å². The van der Waals surface area contributed by atoms with Crippen LogP contribution >= 0.6 is 20.7 Å². The van der Waals surface area contributed by atoms with Gasteiger partial charge in [-0.1, -0.05) is 64.9 Å². The van der Waals surface area contributed by atoms with Gasteiger partial charge in [0.25, 0.3) is 0 Å². The molecule has 0 spiro atoms. The minimum absolute atomic E-state index is 0.0729. The highest BCUT2D eigenvalue weighted by atomic mass is 127. The van der Waals surface area contributed by atoms with Crippen LogP contribution in [-0.2, 0) is 0 Å². The van der Waals surface area contributed by atoms with Crippen LogP contribution in [0.1, 0.15) is 25.1 Å². The van der Waals surface area contributed by atoms with Crippen LogP contribution in [0, 0.1) is 11.8 Å². The molecule has 1 nitrogen and oxygen atoms in total. The maximum atomic E-state index is 2.45. The summed E-state index contributed by atoms with van der Waals surface area (Å²) in [6.07, 6.45) is 9.36. The molecular weight excluding hydrogens is 369 g/mol. The second kappa shape index (κ2) is 5.09. The van der Waals surface area contributed by atoms with Gasteiger partial charge in [0.05, 0.1) is 11.2 Å². The number of benzene rings is 1. The molecule has 2 aliphatic rings. The van der Waals surface area contributed by atoms with Gasteiger partial charge in [-0.25, -0.2) is 0 Å².